The predicted molar refractivity (Wildman–Crippen MR) is 125 cm³/mol. The number of benzene rings is 1. The maximum Gasteiger partial charge on any atom is 0.475 e. The number of hydrogen-bond donors (Lipinski definition) is 1. The number of rotatable bonds is 6. The summed E-state index contributed by atoms with van der Waals surface area (Å²) in [6.45, 7) is 3.51. The Balaban J connectivity index is 1.29. The number of phosphoric acid groups is 1. The molecule has 13 heteroatoms. The van der Waals surface area contributed by atoms with E-state index in [1.807, 2.05) is 0 Å². The number of phosphoric ester groups is 1. The zero-order valence-corrected chi connectivity index (χ0v) is 21.3. The summed E-state index contributed by atoms with van der Waals surface area (Å²) in [4.78, 5) is 13.4. The Morgan fingerprint density at radius 1 is 1.33 bits per heavy atom. The van der Waals surface area contributed by atoms with Crippen molar-refractivity contribution in [3.8, 4) is 0 Å². The number of amides is 1. The first-order valence-corrected chi connectivity index (χ1v) is 13.4. The van der Waals surface area contributed by atoms with Crippen LogP contribution in [0.4, 0.5) is 4.39 Å². The van der Waals surface area contributed by atoms with Crippen LogP contribution in [0.15, 0.2) is 42.2 Å². The van der Waals surface area contributed by atoms with Gasteiger partial charge >= 0.3 is 7.82 Å². The zero-order chi connectivity index (χ0) is 25.7. The molecule has 3 unspecified atom stereocenters. The standard InChI is InChI=1S/C23H27ClFN2O8P/c1-23(2)33-19-18(32-22(20(19)34-23)27-8-3-4-14(11-27)21(26)28)12-31-36(29)30-9-7-17(35-36)13-5-6-16(25)15(24)10-13/h3,5-6,8,10-11,17-20,22H,4,7,9,12H2,1-2H3,(H2,26,28)/t17?,18?,19-,20-,22-,36?/m1/s1. The molecule has 36 heavy (non-hydrogen) atoms. The maximum atomic E-state index is 13.6. The van der Waals surface area contributed by atoms with E-state index < -0.39 is 56.0 Å². The quantitative estimate of drug-likeness (QED) is 0.531. The van der Waals surface area contributed by atoms with Crippen LogP contribution in [0.2, 0.25) is 5.02 Å². The third kappa shape index (κ3) is 5.25. The van der Waals surface area contributed by atoms with Crippen LogP contribution in [0.5, 0.6) is 0 Å². The van der Waals surface area contributed by atoms with Gasteiger partial charge in [-0.2, -0.15) is 0 Å². The second kappa shape index (κ2) is 9.81. The smallest absolute Gasteiger partial charge is 0.366 e. The Kier molecular flexibility index (Phi) is 7.03. The van der Waals surface area contributed by atoms with E-state index in [4.69, 9.17) is 45.1 Å². The van der Waals surface area contributed by atoms with Crippen LogP contribution in [0.3, 0.4) is 0 Å². The first-order chi connectivity index (χ1) is 17.0. The molecule has 196 valence electrons. The van der Waals surface area contributed by atoms with Gasteiger partial charge in [0.2, 0.25) is 5.91 Å². The molecule has 0 bridgehead atoms. The van der Waals surface area contributed by atoms with Crippen LogP contribution in [0, 0.1) is 5.82 Å². The van der Waals surface area contributed by atoms with Crippen molar-refractivity contribution in [2.24, 2.45) is 5.73 Å². The Morgan fingerprint density at radius 3 is 2.86 bits per heavy atom. The molecule has 1 aromatic rings. The van der Waals surface area contributed by atoms with E-state index in [-0.39, 0.29) is 18.2 Å². The van der Waals surface area contributed by atoms with Gasteiger partial charge in [0.15, 0.2) is 12.0 Å². The summed E-state index contributed by atoms with van der Waals surface area (Å²) >= 11 is 5.89. The van der Waals surface area contributed by atoms with Crippen LogP contribution in [-0.4, -0.2) is 54.3 Å². The van der Waals surface area contributed by atoms with E-state index in [0.29, 0.717) is 24.0 Å². The van der Waals surface area contributed by atoms with Crippen molar-refractivity contribution in [1.29, 1.82) is 0 Å². The highest BCUT2D eigenvalue weighted by molar-refractivity contribution is 7.48. The molecule has 0 spiro atoms. The van der Waals surface area contributed by atoms with E-state index in [1.54, 1.807) is 37.2 Å². The second-order valence-electron chi connectivity index (χ2n) is 9.32. The molecule has 2 N–H and O–H groups in total. The van der Waals surface area contributed by atoms with E-state index in [0.717, 1.165) is 0 Å². The first-order valence-electron chi connectivity index (χ1n) is 11.5. The summed E-state index contributed by atoms with van der Waals surface area (Å²) in [6.07, 6.45) is 2.97. The van der Waals surface area contributed by atoms with Gasteiger partial charge < -0.3 is 24.8 Å². The van der Waals surface area contributed by atoms with Gasteiger partial charge in [-0.1, -0.05) is 23.7 Å². The summed E-state index contributed by atoms with van der Waals surface area (Å²) in [5.74, 6) is -1.97. The molecule has 0 saturated carbocycles. The summed E-state index contributed by atoms with van der Waals surface area (Å²) in [5, 5.41) is -0.0592. The highest BCUT2D eigenvalue weighted by Gasteiger charge is 2.57. The molecule has 0 aromatic heterocycles. The van der Waals surface area contributed by atoms with Crippen molar-refractivity contribution < 1.29 is 41.5 Å². The zero-order valence-electron chi connectivity index (χ0n) is 19.7. The van der Waals surface area contributed by atoms with Crippen molar-refractivity contribution in [2.75, 3.05) is 13.2 Å². The third-order valence-corrected chi connectivity index (χ3v) is 8.02. The van der Waals surface area contributed by atoms with Crippen LogP contribution in [-0.2, 0) is 37.1 Å². The third-order valence-electron chi connectivity index (χ3n) is 6.25. The minimum Gasteiger partial charge on any atom is -0.366 e. The molecular weight excluding hydrogens is 518 g/mol. The average molecular weight is 545 g/mol. The molecule has 1 amide bonds. The van der Waals surface area contributed by atoms with Gasteiger partial charge in [-0.05, 0) is 38.0 Å². The number of carbonyl (C=O) groups excluding carboxylic acids is 1. The van der Waals surface area contributed by atoms with Crippen LogP contribution < -0.4 is 5.73 Å². The molecule has 0 aliphatic carbocycles. The topological polar surface area (TPSA) is 119 Å². The second-order valence-corrected chi connectivity index (χ2v) is 11.3. The lowest BCUT2D eigenvalue weighted by Crippen LogP contribution is -2.40. The lowest BCUT2D eigenvalue weighted by atomic mass is 10.1. The van der Waals surface area contributed by atoms with Crippen molar-refractivity contribution >= 4 is 25.3 Å². The van der Waals surface area contributed by atoms with Crippen LogP contribution in [0.25, 0.3) is 0 Å². The Labute approximate surface area is 212 Å². The number of fused-ring (bicyclic) bond motifs is 1. The van der Waals surface area contributed by atoms with Gasteiger partial charge in [-0.3, -0.25) is 18.4 Å². The average Bonchev–Trinajstić information content (AvgIpc) is 3.32. The van der Waals surface area contributed by atoms with E-state index in [1.165, 1.54) is 18.2 Å². The number of halogens is 2. The fraction of sp³-hybridized carbons (Fsp3) is 0.522. The van der Waals surface area contributed by atoms with Crippen molar-refractivity contribution in [1.82, 2.24) is 4.90 Å². The Hall–Kier alpha value is -1.82. The minimum absolute atomic E-state index is 0.0592. The molecule has 4 aliphatic rings. The fourth-order valence-corrected chi connectivity index (χ4v) is 6.20. The van der Waals surface area contributed by atoms with Crippen LogP contribution in [0.1, 0.15) is 38.4 Å². The fourth-order valence-electron chi connectivity index (χ4n) is 4.62. The van der Waals surface area contributed by atoms with Crippen molar-refractivity contribution in [2.45, 2.75) is 63.1 Å². The molecule has 3 saturated heterocycles. The number of ether oxygens (including phenoxy) is 3. The number of primary amides is 1. The van der Waals surface area contributed by atoms with Gasteiger partial charge in [0.1, 0.15) is 24.1 Å². The Bertz CT molecular complexity index is 1150. The van der Waals surface area contributed by atoms with Gasteiger partial charge in [0.25, 0.3) is 0 Å². The van der Waals surface area contributed by atoms with Gasteiger partial charge in [-0.15, -0.1) is 0 Å². The highest BCUT2D eigenvalue weighted by Crippen LogP contribution is 2.57. The number of hydrogen-bond acceptors (Lipinski definition) is 9. The number of allylic oxidation sites excluding steroid dienone is 1. The van der Waals surface area contributed by atoms with E-state index in [2.05, 4.69) is 0 Å². The summed E-state index contributed by atoms with van der Waals surface area (Å²) < 4.78 is 61.8. The monoisotopic (exact) mass is 544 g/mol. The van der Waals surface area contributed by atoms with E-state index in [9.17, 15) is 13.8 Å². The lowest BCUT2D eigenvalue weighted by molar-refractivity contribution is -0.201. The van der Waals surface area contributed by atoms with Crippen LogP contribution >= 0.6 is 19.4 Å². The predicted octanol–water partition coefficient (Wildman–Crippen LogP) is 3.92. The Morgan fingerprint density at radius 2 is 2.11 bits per heavy atom. The number of nitrogens with two attached hydrogens (primary N) is 1. The number of nitrogens with zero attached hydrogens (tertiary/aromatic N) is 1. The molecular formula is C23H27ClFN2O8P. The molecule has 1 aromatic carbocycles. The normalized spacial score (nSPS) is 35.5. The van der Waals surface area contributed by atoms with Crippen molar-refractivity contribution in [3.05, 3.63) is 58.7 Å². The lowest BCUT2D eigenvalue weighted by Gasteiger charge is -2.32. The molecule has 5 rings (SSSR count). The molecule has 4 heterocycles. The minimum atomic E-state index is -3.97. The summed E-state index contributed by atoms with van der Waals surface area (Å²) in [6, 6.07) is 4.17. The first kappa shape index (κ1) is 25.8. The van der Waals surface area contributed by atoms with Gasteiger partial charge in [0.05, 0.1) is 24.3 Å². The number of carbonyl (C=O) groups is 1. The highest BCUT2D eigenvalue weighted by atomic mass is 35.5. The summed E-state index contributed by atoms with van der Waals surface area (Å²) in [5.41, 5.74) is 6.44. The molecule has 6 atom stereocenters. The molecule has 4 aliphatic heterocycles. The molecule has 3 fully saturated rings. The molecule has 10 nitrogen and oxygen atoms in total. The largest absolute Gasteiger partial charge is 0.475 e. The molecule has 0 radical (unpaired) electrons. The van der Waals surface area contributed by atoms with Crippen molar-refractivity contribution in [3.63, 3.8) is 0 Å². The van der Waals surface area contributed by atoms with Gasteiger partial charge in [0, 0.05) is 24.4 Å². The van der Waals surface area contributed by atoms with Gasteiger partial charge in [-0.25, -0.2) is 8.96 Å². The SMILES string of the molecule is CC1(C)O[C@@H]2[C@H](O1)C(COP1(=O)OCCC(c3ccc(F)c(Cl)c3)O1)O[C@H]2N1C=CCC(C(N)=O)=C1. The summed E-state index contributed by atoms with van der Waals surface area (Å²) in [7, 11) is -3.97. The maximum absolute atomic E-state index is 13.6. The van der Waals surface area contributed by atoms with E-state index >= 15 is 0 Å².